The fourth-order valence-electron chi connectivity index (χ4n) is 2.55. The van der Waals surface area contributed by atoms with E-state index in [1.165, 1.54) is 4.31 Å². The van der Waals surface area contributed by atoms with E-state index in [1.54, 1.807) is 19.1 Å². The Morgan fingerprint density at radius 2 is 2.05 bits per heavy atom. The SMILES string of the molecule is CCOc1cc(C)c(S(=O)(=O)N2CCOCC2C)cc1C. The van der Waals surface area contributed by atoms with E-state index in [0.29, 0.717) is 36.8 Å². The van der Waals surface area contributed by atoms with Crippen molar-refractivity contribution in [2.45, 2.75) is 38.6 Å². The zero-order valence-electron chi connectivity index (χ0n) is 13.0. The van der Waals surface area contributed by atoms with Gasteiger partial charge in [0.25, 0.3) is 0 Å². The van der Waals surface area contributed by atoms with Crippen molar-refractivity contribution in [2.24, 2.45) is 0 Å². The number of hydrogen-bond acceptors (Lipinski definition) is 4. The Balaban J connectivity index is 2.42. The second-order valence-corrected chi connectivity index (χ2v) is 7.21. The van der Waals surface area contributed by atoms with Crippen LogP contribution in [0, 0.1) is 13.8 Å². The van der Waals surface area contributed by atoms with Crippen LogP contribution in [0.2, 0.25) is 0 Å². The minimum Gasteiger partial charge on any atom is -0.494 e. The second-order valence-electron chi connectivity index (χ2n) is 5.36. The van der Waals surface area contributed by atoms with E-state index in [-0.39, 0.29) is 6.04 Å². The molecule has 1 unspecified atom stereocenters. The summed E-state index contributed by atoms with van der Waals surface area (Å²) < 4.78 is 38.1. The van der Waals surface area contributed by atoms with Crippen molar-refractivity contribution in [3.05, 3.63) is 23.3 Å². The van der Waals surface area contributed by atoms with Gasteiger partial charge >= 0.3 is 0 Å². The van der Waals surface area contributed by atoms with Crippen LogP contribution in [-0.4, -0.2) is 45.1 Å². The molecule has 0 aliphatic carbocycles. The quantitative estimate of drug-likeness (QED) is 0.854. The van der Waals surface area contributed by atoms with E-state index in [1.807, 2.05) is 20.8 Å². The normalized spacial score (nSPS) is 20.5. The van der Waals surface area contributed by atoms with Gasteiger partial charge in [0.1, 0.15) is 5.75 Å². The Hall–Kier alpha value is -1.11. The minimum absolute atomic E-state index is 0.143. The van der Waals surface area contributed by atoms with Gasteiger partial charge in [-0.05, 0) is 51.0 Å². The van der Waals surface area contributed by atoms with E-state index in [4.69, 9.17) is 9.47 Å². The number of rotatable bonds is 4. The average molecular weight is 313 g/mol. The summed E-state index contributed by atoms with van der Waals surface area (Å²) >= 11 is 0. The van der Waals surface area contributed by atoms with Crippen LogP contribution in [0.1, 0.15) is 25.0 Å². The van der Waals surface area contributed by atoms with Crippen molar-refractivity contribution in [3.8, 4) is 5.75 Å². The van der Waals surface area contributed by atoms with Gasteiger partial charge in [0.15, 0.2) is 0 Å². The predicted molar refractivity (Wildman–Crippen MR) is 81.3 cm³/mol. The summed E-state index contributed by atoms with van der Waals surface area (Å²) in [6.45, 7) is 9.30. The first-order valence-electron chi connectivity index (χ1n) is 7.21. The van der Waals surface area contributed by atoms with Gasteiger partial charge in [-0.3, -0.25) is 0 Å². The molecule has 118 valence electrons. The molecule has 5 nitrogen and oxygen atoms in total. The molecule has 1 aromatic rings. The molecule has 0 bridgehead atoms. The van der Waals surface area contributed by atoms with Gasteiger partial charge in [-0.1, -0.05) is 0 Å². The van der Waals surface area contributed by atoms with Crippen molar-refractivity contribution in [2.75, 3.05) is 26.4 Å². The lowest BCUT2D eigenvalue weighted by molar-refractivity contribution is 0.0392. The number of hydrogen-bond donors (Lipinski definition) is 0. The average Bonchev–Trinajstić information content (AvgIpc) is 2.43. The molecular formula is C15H23NO4S. The first-order chi connectivity index (χ1) is 9.87. The lowest BCUT2D eigenvalue weighted by Crippen LogP contribution is -2.47. The summed E-state index contributed by atoms with van der Waals surface area (Å²) in [5.41, 5.74) is 1.55. The number of benzene rings is 1. The largest absolute Gasteiger partial charge is 0.494 e. The highest BCUT2D eigenvalue weighted by molar-refractivity contribution is 7.89. The van der Waals surface area contributed by atoms with Crippen LogP contribution in [0.5, 0.6) is 5.75 Å². The maximum atomic E-state index is 12.9. The molecule has 1 aliphatic rings. The Morgan fingerprint density at radius 1 is 1.33 bits per heavy atom. The Morgan fingerprint density at radius 3 is 2.67 bits per heavy atom. The molecule has 6 heteroatoms. The third-order valence-electron chi connectivity index (χ3n) is 3.67. The summed E-state index contributed by atoms with van der Waals surface area (Å²) in [5.74, 6) is 0.740. The molecule has 1 fully saturated rings. The molecule has 0 radical (unpaired) electrons. The van der Waals surface area contributed by atoms with Crippen LogP contribution in [0.4, 0.5) is 0 Å². The molecule has 0 amide bonds. The first-order valence-corrected chi connectivity index (χ1v) is 8.65. The molecule has 1 saturated heterocycles. The predicted octanol–water partition coefficient (Wildman–Crippen LogP) is 2.11. The fraction of sp³-hybridized carbons (Fsp3) is 0.600. The smallest absolute Gasteiger partial charge is 0.243 e. The number of sulfonamides is 1. The third-order valence-corrected chi connectivity index (χ3v) is 5.82. The minimum atomic E-state index is -3.50. The molecule has 1 atom stereocenters. The highest BCUT2D eigenvalue weighted by atomic mass is 32.2. The Kier molecular flexibility index (Phi) is 4.91. The highest BCUT2D eigenvalue weighted by Crippen LogP contribution is 2.29. The van der Waals surface area contributed by atoms with Crippen LogP contribution in [0.3, 0.4) is 0 Å². The molecule has 1 heterocycles. The molecule has 2 rings (SSSR count). The van der Waals surface area contributed by atoms with E-state index in [0.717, 1.165) is 11.3 Å². The zero-order valence-corrected chi connectivity index (χ0v) is 13.9. The summed E-state index contributed by atoms with van der Waals surface area (Å²) in [5, 5.41) is 0. The van der Waals surface area contributed by atoms with Crippen molar-refractivity contribution in [1.82, 2.24) is 4.31 Å². The molecule has 0 N–H and O–H groups in total. The monoisotopic (exact) mass is 313 g/mol. The van der Waals surface area contributed by atoms with Gasteiger partial charge in [0.2, 0.25) is 10.0 Å². The van der Waals surface area contributed by atoms with Crippen molar-refractivity contribution < 1.29 is 17.9 Å². The molecule has 0 aromatic heterocycles. The molecule has 21 heavy (non-hydrogen) atoms. The molecule has 1 aliphatic heterocycles. The topological polar surface area (TPSA) is 55.8 Å². The fourth-order valence-corrected chi connectivity index (χ4v) is 4.44. The van der Waals surface area contributed by atoms with Crippen LogP contribution in [-0.2, 0) is 14.8 Å². The van der Waals surface area contributed by atoms with Gasteiger partial charge in [0.05, 0.1) is 24.7 Å². The number of morpholine rings is 1. The number of aryl methyl sites for hydroxylation is 2. The van der Waals surface area contributed by atoms with Crippen molar-refractivity contribution >= 4 is 10.0 Å². The zero-order chi connectivity index (χ0) is 15.6. The number of ether oxygens (including phenoxy) is 2. The van der Waals surface area contributed by atoms with Crippen LogP contribution in [0.25, 0.3) is 0 Å². The molecule has 0 spiro atoms. The maximum absolute atomic E-state index is 12.9. The van der Waals surface area contributed by atoms with Crippen LogP contribution >= 0.6 is 0 Å². The van der Waals surface area contributed by atoms with Gasteiger partial charge in [0, 0.05) is 12.6 Å². The van der Waals surface area contributed by atoms with Crippen LogP contribution in [0.15, 0.2) is 17.0 Å². The summed E-state index contributed by atoms with van der Waals surface area (Å²) in [4.78, 5) is 0.359. The van der Waals surface area contributed by atoms with E-state index in [9.17, 15) is 8.42 Å². The summed E-state index contributed by atoms with van der Waals surface area (Å²) in [6, 6.07) is 3.37. The highest BCUT2D eigenvalue weighted by Gasteiger charge is 2.32. The lowest BCUT2D eigenvalue weighted by atomic mass is 10.1. The van der Waals surface area contributed by atoms with E-state index in [2.05, 4.69) is 0 Å². The van der Waals surface area contributed by atoms with Gasteiger partial charge in [-0.2, -0.15) is 4.31 Å². The van der Waals surface area contributed by atoms with E-state index >= 15 is 0 Å². The standard InChI is InChI=1S/C15H23NO4S/c1-5-20-14-8-12(3)15(9-11(14)2)21(17,18)16-6-7-19-10-13(16)4/h8-9,13H,5-7,10H2,1-4H3. The van der Waals surface area contributed by atoms with Crippen molar-refractivity contribution in [1.29, 1.82) is 0 Å². The summed E-state index contributed by atoms with van der Waals surface area (Å²) in [6.07, 6.45) is 0. The third kappa shape index (κ3) is 3.22. The molecule has 1 aromatic carbocycles. The lowest BCUT2D eigenvalue weighted by Gasteiger charge is -2.32. The Bertz CT molecular complexity index is 612. The van der Waals surface area contributed by atoms with Gasteiger partial charge < -0.3 is 9.47 Å². The van der Waals surface area contributed by atoms with Gasteiger partial charge in [-0.25, -0.2) is 8.42 Å². The first kappa shape index (κ1) is 16.3. The summed E-state index contributed by atoms with van der Waals surface area (Å²) in [7, 11) is -3.50. The molecular weight excluding hydrogens is 290 g/mol. The Labute approximate surface area is 126 Å². The van der Waals surface area contributed by atoms with Crippen LogP contribution < -0.4 is 4.74 Å². The second kappa shape index (κ2) is 6.34. The van der Waals surface area contributed by atoms with Gasteiger partial charge in [-0.15, -0.1) is 0 Å². The van der Waals surface area contributed by atoms with E-state index < -0.39 is 10.0 Å². The number of nitrogens with zero attached hydrogens (tertiary/aromatic N) is 1. The van der Waals surface area contributed by atoms with Crippen molar-refractivity contribution in [3.63, 3.8) is 0 Å². The maximum Gasteiger partial charge on any atom is 0.243 e. The molecule has 0 saturated carbocycles.